The van der Waals surface area contributed by atoms with Crippen LogP contribution in [0.4, 0.5) is 10.8 Å². The Morgan fingerprint density at radius 3 is 2.72 bits per heavy atom. The van der Waals surface area contributed by atoms with Crippen LogP contribution in [-0.2, 0) is 9.59 Å². The van der Waals surface area contributed by atoms with Gasteiger partial charge in [-0.05, 0) is 56.0 Å². The molecule has 0 fully saturated rings. The number of anilines is 2. The topological polar surface area (TPSA) is 125 Å². The first kappa shape index (κ1) is 26.9. The molecule has 3 N–H and O–H groups in total. The number of hydrogen-bond acceptors (Lipinski definition) is 9. The Morgan fingerprint density at radius 1 is 1.23 bits per heavy atom. The van der Waals surface area contributed by atoms with Crippen molar-refractivity contribution in [2.45, 2.75) is 43.4 Å². The summed E-state index contributed by atoms with van der Waals surface area (Å²) in [5.41, 5.74) is 11.9. The van der Waals surface area contributed by atoms with Crippen molar-refractivity contribution in [1.82, 2.24) is 10.2 Å². The number of halogens is 1. The molecule has 39 heavy (non-hydrogen) atoms. The predicted octanol–water partition coefficient (Wildman–Crippen LogP) is 5.84. The van der Waals surface area contributed by atoms with E-state index in [1.165, 1.54) is 23.1 Å². The number of allylic oxidation sites excluding steroid dienone is 3. The molecule has 2 aromatic carbocycles. The molecule has 11 heteroatoms. The molecule has 0 saturated carbocycles. The second kappa shape index (κ2) is 11.2. The summed E-state index contributed by atoms with van der Waals surface area (Å²) in [6, 6.07) is 15.2. The Hall–Kier alpha value is -3.65. The fraction of sp³-hybridized carbons (Fsp3) is 0.250. The van der Waals surface area contributed by atoms with Gasteiger partial charge in [0.25, 0.3) is 0 Å². The van der Waals surface area contributed by atoms with Gasteiger partial charge in [0.15, 0.2) is 10.1 Å². The van der Waals surface area contributed by atoms with Crippen LogP contribution in [0, 0.1) is 25.2 Å². The van der Waals surface area contributed by atoms with Crippen LogP contribution in [0.25, 0.3) is 0 Å². The molecule has 3 aromatic rings. The highest BCUT2D eigenvalue weighted by atomic mass is 35.5. The number of amides is 1. The van der Waals surface area contributed by atoms with Gasteiger partial charge in [0.2, 0.25) is 11.0 Å². The SMILES string of the molecule is Cc1ccc(NC(=O)CSc2nnc(N3C(N)=C(C#N)C(c4ccc(Cl)cc4)C4=C3CCCC4=O)s2)c(C)c1. The summed E-state index contributed by atoms with van der Waals surface area (Å²) in [5.74, 6) is -0.347. The lowest BCUT2D eigenvalue weighted by Gasteiger charge is -2.38. The van der Waals surface area contributed by atoms with Crippen molar-refractivity contribution in [3.63, 3.8) is 0 Å². The predicted molar refractivity (Wildman–Crippen MR) is 155 cm³/mol. The van der Waals surface area contributed by atoms with E-state index < -0.39 is 5.92 Å². The minimum atomic E-state index is -0.568. The molecule has 2 aliphatic rings. The molecular formula is C28H25ClN6O2S2. The van der Waals surface area contributed by atoms with Gasteiger partial charge in [-0.1, -0.05) is 64.5 Å². The van der Waals surface area contributed by atoms with E-state index in [2.05, 4.69) is 21.6 Å². The number of nitriles is 1. The number of ketones is 1. The molecule has 1 aliphatic heterocycles. The number of nitrogens with two attached hydrogens (primary N) is 1. The monoisotopic (exact) mass is 576 g/mol. The third kappa shape index (κ3) is 5.43. The summed E-state index contributed by atoms with van der Waals surface area (Å²) in [6.07, 6.45) is 1.70. The fourth-order valence-corrected chi connectivity index (χ4v) is 6.72. The minimum Gasteiger partial charge on any atom is -0.384 e. The zero-order valence-corrected chi connectivity index (χ0v) is 23.7. The van der Waals surface area contributed by atoms with Crippen molar-refractivity contribution in [1.29, 1.82) is 5.26 Å². The lowest BCUT2D eigenvalue weighted by atomic mass is 9.76. The van der Waals surface area contributed by atoms with Crippen molar-refractivity contribution in [3.05, 3.63) is 86.8 Å². The number of aromatic nitrogens is 2. The number of benzene rings is 2. The first-order chi connectivity index (χ1) is 18.8. The highest BCUT2D eigenvalue weighted by Gasteiger charge is 2.41. The van der Waals surface area contributed by atoms with Crippen LogP contribution in [0.1, 0.15) is 41.9 Å². The molecule has 0 bridgehead atoms. The van der Waals surface area contributed by atoms with Crippen molar-refractivity contribution >= 4 is 57.2 Å². The zero-order chi connectivity index (χ0) is 27.7. The maximum Gasteiger partial charge on any atom is 0.234 e. The van der Waals surface area contributed by atoms with Gasteiger partial charge in [-0.2, -0.15) is 5.26 Å². The molecule has 0 radical (unpaired) electrons. The Morgan fingerprint density at radius 2 is 2.00 bits per heavy atom. The fourth-order valence-electron chi connectivity index (χ4n) is 4.91. The van der Waals surface area contributed by atoms with E-state index in [1.54, 1.807) is 17.0 Å². The smallest absolute Gasteiger partial charge is 0.234 e. The minimum absolute atomic E-state index is 0.0105. The normalized spacial score (nSPS) is 17.2. The van der Waals surface area contributed by atoms with Gasteiger partial charge >= 0.3 is 0 Å². The highest BCUT2D eigenvalue weighted by Crippen LogP contribution is 2.47. The molecule has 198 valence electrons. The largest absolute Gasteiger partial charge is 0.384 e. The van der Waals surface area contributed by atoms with Crippen LogP contribution in [0.15, 0.2) is 69.5 Å². The summed E-state index contributed by atoms with van der Waals surface area (Å²) in [4.78, 5) is 27.5. The first-order valence-corrected chi connectivity index (χ1v) is 14.5. The second-order valence-corrected chi connectivity index (χ2v) is 12.0. The number of rotatable bonds is 6. The summed E-state index contributed by atoms with van der Waals surface area (Å²) < 4.78 is 0.580. The van der Waals surface area contributed by atoms with Gasteiger partial charge in [-0.25, -0.2) is 0 Å². The molecule has 5 rings (SSSR count). The van der Waals surface area contributed by atoms with E-state index in [1.807, 2.05) is 44.2 Å². The van der Waals surface area contributed by atoms with Crippen LogP contribution in [0.2, 0.25) is 5.02 Å². The first-order valence-electron chi connectivity index (χ1n) is 12.3. The highest BCUT2D eigenvalue weighted by molar-refractivity contribution is 8.01. The van der Waals surface area contributed by atoms with Crippen LogP contribution < -0.4 is 16.0 Å². The van der Waals surface area contributed by atoms with Crippen LogP contribution in [0.3, 0.4) is 0 Å². The molecular weight excluding hydrogens is 552 g/mol. The van der Waals surface area contributed by atoms with E-state index in [4.69, 9.17) is 17.3 Å². The number of hydrogen-bond donors (Lipinski definition) is 2. The van der Waals surface area contributed by atoms with Gasteiger partial charge in [0.05, 0.1) is 23.3 Å². The second-order valence-electron chi connectivity index (χ2n) is 9.37. The van der Waals surface area contributed by atoms with E-state index in [9.17, 15) is 14.9 Å². The maximum absolute atomic E-state index is 13.2. The standard InChI is InChI=1S/C28H25ClN6O2S2/c1-15-6-11-20(16(2)12-15)32-23(37)14-38-28-34-33-27(39-28)35-21-4-3-5-22(36)25(21)24(19(13-30)26(35)31)17-7-9-18(29)10-8-17/h6-12,24H,3-5,14,31H2,1-2H3,(H,32,37). The number of carbonyl (C=O) groups excluding carboxylic acids is 2. The molecule has 0 saturated heterocycles. The van der Waals surface area contributed by atoms with Crippen molar-refractivity contribution in [3.8, 4) is 6.07 Å². The number of aryl methyl sites for hydroxylation is 2. The van der Waals surface area contributed by atoms with Crippen LogP contribution >= 0.6 is 34.7 Å². The molecule has 1 aliphatic carbocycles. The maximum atomic E-state index is 13.2. The average molecular weight is 577 g/mol. The lowest BCUT2D eigenvalue weighted by molar-refractivity contribution is -0.116. The third-order valence-corrected chi connectivity index (χ3v) is 8.98. The Bertz CT molecular complexity index is 1570. The van der Waals surface area contributed by atoms with Gasteiger partial charge in [0, 0.05) is 28.4 Å². The lowest BCUT2D eigenvalue weighted by Crippen LogP contribution is -2.38. The van der Waals surface area contributed by atoms with Gasteiger partial charge in [-0.15, -0.1) is 10.2 Å². The van der Waals surface area contributed by atoms with Crippen LogP contribution in [0.5, 0.6) is 0 Å². The number of nitrogens with one attached hydrogen (secondary N) is 1. The van der Waals surface area contributed by atoms with E-state index in [-0.39, 0.29) is 28.8 Å². The van der Waals surface area contributed by atoms with Gasteiger partial charge in [-0.3, -0.25) is 14.5 Å². The molecule has 1 amide bonds. The quantitative estimate of drug-likeness (QED) is 0.350. The Kier molecular flexibility index (Phi) is 7.75. The Balaban J connectivity index is 1.41. The molecule has 0 spiro atoms. The molecule has 1 atom stereocenters. The summed E-state index contributed by atoms with van der Waals surface area (Å²) in [5, 5.41) is 22.7. The number of Topliss-reactive ketones (excluding diaryl/α,β-unsaturated/α-hetero) is 1. The molecule has 1 unspecified atom stereocenters. The van der Waals surface area contributed by atoms with E-state index >= 15 is 0 Å². The number of carbonyl (C=O) groups is 2. The van der Waals surface area contributed by atoms with Crippen molar-refractivity contribution in [2.24, 2.45) is 5.73 Å². The Labute approximate surface area is 239 Å². The number of thioether (sulfide) groups is 1. The van der Waals surface area contributed by atoms with Gasteiger partial charge in [0.1, 0.15) is 5.82 Å². The van der Waals surface area contributed by atoms with Gasteiger partial charge < -0.3 is 11.1 Å². The van der Waals surface area contributed by atoms with E-state index in [0.29, 0.717) is 39.3 Å². The third-order valence-electron chi connectivity index (χ3n) is 6.69. The van der Waals surface area contributed by atoms with Crippen LogP contribution in [-0.4, -0.2) is 27.6 Å². The van der Waals surface area contributed by atoms with Crippen molar-refractivity contribution in [2.75, 3.05) is 16.0 Å². The molecule has 8 nitrogen and oxygen atoms in total. The summed E-state index contributed by atoms with van der Waals surface area (Å²) >= 11 is 8.62. The average Bonchev–Trinajstić information content (AvgIpc) is 3.37. The molecule has 2 heterocycles. The zero-order valence-electron chi connectivity index (χ0n) is 21.3. The van der Waals surface area contributed by atoms with E-state index in [0.717, 1.165) is 28.1 Å². The van der Waals surface area contributed by atoms with Crippen molar-refractivity contribution < 1.29 is 9.59 Å². The summed E-state index contributed by atoms with van der Waals surface area (Å²) in [7, 11) is 0. The molecule has 1 aromatic heterocycles. The number of nitrogens with zero attached hydrogens (tertiary/aromatic N) is 4. The summed E-state index contributed by atoms with van der Waals surface area (Å²) in [6.45, 7) is 3.96.